The van der Waals surface area contributed by atoms with Crippen LogP contribution in [0.4, 0.5) is 0 Å². The van der Waals surface area contributed by atoms with Gasteiger partial charge in [0.2, 0.25) is 5.91 Å². The number of ether oxygens (including phenoxy) is 1. The van der Waals surface area contributed by atoms with Gasteiger partial charge in [0.1, 0.15) is 0 Å². The number of nitrogens with zero attached hydrogens (tertiary/aromatic N) is 4. The maximum absolute atomic E-state index is 11.8. The molecule has 1 spiro atoms. The summed E-state index contributed by atoms with van der Waals surface area (Å²) in [5, 5.41) is 4.25. The number of rotatable bonds is 2. The Kier molecular flexibility index (Phi) is 4.49. The Morgan fingerprint density at radius 3 is 3.00 bits per heavy atom. The molecule has 6 nitrogen and oxygen atoms in total. The molecule has 1 amide bonds. The number of carbonyl (C=O) groups excluding carboxylic acids is 1. The number of piperidine rings is 1. The molecule has 1 unspecified atom stereocenters. The second-order valence-corrected chi connectivity index (χ2v) is 6.83. The van der Waals surface area contributed by atoms with Gasteiger partial charge in [-0.3, -0.25) is 14.4 Å². The standard InChI is InChI=1S/C16H26N4O2/c1-14(21)20-6-7-22-13-16(12-20)4-3-5-19(11-16)10-15-8-17-18(2)9-15/h8-9H,3-7,10-13H2,1-2H3. The Balaban J connectivity index is 1.68. The topological polar surface area (TPSA) is 50.6 Å². The summed E-state index contributed by atoms with van der Waals surface area (Å²) < 4.78 is 7.68. The van der Waals surface area contributed by atoms with Crippen molar-refractivity contribution in [3.8, 4) is 0 Å². The molecule has 2 fully saturated rings. The number of aromatic nitrogens is 2. The normalized spacial score (nSPS) is 27.1. The van der Waals surface area contributed by atoms with E-state index in [1.807, 2.05) is 22.8 Å². The highest BCUT2D eigenvalue weighted by Gasteiger charge is 2.39. The molecule has 6 heteroatoms. The zero-order valence-corrected chi connectivity index (χ0v) is 13.6. The van der Waals surface area contributed by atoms with Gasteiger partial charge in [0, 0.05) is 57.3 Å². The van der Waals surface area contributed by atoms with E-state index >= 15 is 0 Å². The van der Waals surface area contributed by atoms with Crippen molar-refractivity contribution in [3.63, 3.8) is 0 Å². The van der Waals surface area contributed by atoms with Crippen LogP contribution in [0.1, 0.15) is 25.3 Å². The van der Waals surface area contributed by atoms with Crippen LogP contribution in [0.3, 0.4) is 0 Å². The van der Waals surface area contributed by atoms with Gasteiger partial charge in [-0.15, -0.1) is 0 Å². The van der Waals surface area contributed by atoms with Crippen LogP contribution < -0.4 is 0 Å². The zero-order valence-electron chi connectivity index (χ0n) is 13.6. The van der Waals surface area contributed by atoms with Crippen LogP contribution in [0.15, 0.2) is 12.4 Å². The molecule has 0 radical (unpaired) electrons. The second kappa shape index (κ2) is 6.38. The summed E-state index contributed by atoms with van der Waals surface area (Å²) in [5.41, 5.74) is 1.33. The molecular weight excluding hydrogens is 280 g/mol. The van der Waals surface area contributed by atoms with Crippen LogP contribution in [-0.4, -0.2) is 64.9 Å². The maximum Gasteiger partial charge on any atom is 0.219 e. The van der Waals surface area contributed by atoms with Crippen LogP contribution in [0.25, 0.3) is 0 Å². The summed E-state index contributed by atoms with van der Waals surface area (Å²) in [6.45, 7) is 7.66. The molecule has 3 heterocycles. The second-order valence-electron chi connectivity index (χ2n) is 6.83. The van der Waals surface area contributed by atoms with E-state index < -0.39 is 0 Å². The highest BCUT2D eigenvalue weighted by Crippen LogP contribution is 2.33. The predicted octanol–water partition coefficient (Wildman–Crippen LogP) is 0.881. The molecule has 0 N–H and O–H groups in total. The SMILES string of the molecule is CC(=O)N1CCOCC2(CCCN(Cc3cnn(C)c3)C2)C1. The van der Waals surface area contributed by atoms with E-state index in [2.05, 4.69) is 16.2 Å². The third kappa shape index (κ3) is 3.50. The van der Waals surface area contributed by atoms with Gasteiger partial charge >= 0.3 is 0 Å². The number of aryl methyl sites for hydroxylation is 1. The minimum absolute atomic E-state index is 0.0859. The molecule has 1 atom stereocenters. The monoisotopic (exact) mass is 306 g/mol. The summed E-state index contributed by atoms with van der Waals surface area (Å²) in [6.07, 6.45) is 6.31. The smallest absolute Gasteiger partial charge is 0.219 e. The predicted molar refractivity (Wildman–Crippen MR) is 83.2 cm³/mol. The first-order chi connectivity index (χ1) is 10.6. The largest absolute Gasteiger partial charge is 0.379 e. The Morgan fingerprint density at radius 2 is 2.27 bits per heavy atom. The maximum atomic E-state index is 11.8. The fourth-order valence-electron chi connectivity index (χ4n) is 3.77. The molecule has 122 valence electrons. The van der Waals surface area contributed by atoms with Crippen molar-refractivity contribution in [3.05, 3.63) is 18.0 Å². The summed E-state index contributed by atoms with van der Waals surface area (Å²) >= 11 is 0. The van der Waals surface area contributed by atoms with Crippen molar-refractivity contribution in [2.24, 2.45) is 12.5 Å². The summed E-state index contributed by atoms with van der Waals surface area (Å²) in [7, 11) is 1.95. The Labute approximate surface area is 132 Å². The molecule has 0 bridgehead atoms. The van der Waals surface area contributed by atoms with Crippen LogP contribution >= 0.6 is 0 Å². The lowest BCUT2D eigenvalue weighted by Gasteiger charge is -2.43. The molecule has 0 saturated carbocycles. The average Bonchev–Trinajstić information content (AvgIpc) is 2.76. The molecule has 1 aromatic rings. The molecule has 0 aromatic carbocycles. The van der Waals surface area contributed by atoms with Crippen LogP contribution in [0, 0.1) is 5.41 Å². The quantitative estimate of drug-likeness (QED) is 0.814. The number of carbonyl (C=O) groups is 1. The van der Waals surface area contributed by atoms with E-state index in [0.717, 1.165) is 52.2 Å². The van der Waals surface area contributed by atoms with Crippen molar-refractivity contribution in [2.45, 2.75) is 26.3 Å². The Hall–Kier alpha value is -1.40. The lowest BCUT2D eigenvalue weighted by atomic mass is 9.80. The van der Waals surface area contributed by atoms with Crippen molar-refractivity contribution < 1.29 is 9.53 Å². The van der Waals surface area contributed by atoms with E-state index in [4.69, 9.17) is 4.74 Å². The third-order valence-corrected chi connectivity index (χ3v) is 4.79. The highest BCUT2D eigenvalue weighted by molar-refractivity contribution is 5.73. The van der Waals surface area contributed by atoms with E-state index in [-0.39, 0.29) is 11.3 Å². The molecule has 2 aliphatic heterocycles. The van der Waals surface area contributed by atoms with Crippen molar-refractivity contribution in [1.29, 1.82) is 0 Å². The molecular formula is C16H26N4O2. The number of hydrogen-bond acceptors (Lipinski definition) is 4. The Morgan fingerprint density at radius 1 is 1.41 bits per heavy atom. The van der Waals surface area contributed by atoms with E-state index in [0.29, 0.717) is 6.61 Å². The van der Waals surface area contributed by atoms with Gasteiger partial charge in [-0.25, -0.2) is 0 Å². The Bertz CT molecular complexity index is 530. The lowest BCUT2D eigenvalue weighted by Crippen LogP contribution is -2.50. The number of amides is 1. The number of hydrogen-bond donors (Lipinski definition) is 0. The zero-order chi connectivity index (χ0) is 15.6. The molecule has 2 saturated heterocycles. The first-order valence-corrected chi connectivity index (χ1v) is 8.09. The van der Waals surface area contributed by atoms with Crippen LogP contribution in [0.5, 0.6) is 0 Å². The molecule has 22 heavy (non-hydrogen) atoms. The molecule has 2 aliphatic rings. The van der Waals surface area contributed by atoms with Crippen molar-refractivity contribution in [1.82, 2.24) is 19.6 Å². The first-order valence-electron chi connectivity index (χ1n) is 8.09. The van der Waals surface area contributed by atoms with E-state index in [9.17, 15) is 4.79 Å². The highest BCUT2D eigenvalue weighted by atomic mass is 16.5. The number of likely N-dealkylation sites (tertiary alicyclic amines) is 1. The van der Waals surface area contributed by atoms with Gasteiger partial charge in [-0.2, -0.15) is 5.10 Å². The third-order valence-electron chi connectivity index (χ3n) is 4.79. The van der Waals surface area contributed by atoms with Gasteiger partial charge in [0.15, 0.2) is 0 Å². The average molecular weight is 306 g/mol. The summed E-state index contributed by atoms with van der Waals surface area (Å²) in [5.74, 6) is 0.161. The minimum Gasteiger partial charge on any atom is -0.379 e. The van der Waals surface area contributed by atoms with Gasteiger partial charge < -0.3 is 9.64 Å². The fraction of sp³-hybridized carbons (Fsp3) is 0.750. The fourth-order valence-corrected chi connectivity index (χ4v) is 3.77. The summed E-state index contributed by atoms with van der Waals surface area (Å²) in [4.78, 5) is 16.2. The van der Waals surface area contributed by atoms with Gasteiger partial charge in [-0.05, 0) is 19.4 Å². The molecule has 0 aliphatic carbocycles. The summed E-state index contributed by atoms with van der Waals surface area (Å²) in [6, 6.07) is 0. The van der Waals surface area contributed by atoms with Crippen molar-refractivity contribution >= 4 is 5.91 Å². The van der Waals surface area contributed by atoms with E-state index in [1.165, 1.54) is 5.56 Å². The van der Waals surface area contributed by atoms with Crippen LogP contribution in [0.2, 0.25) is 0 Å². The lowest BCUT2D eigenvalue weighted by molar-refractivity contribution is -0.130. The van der Waals surface area contributed by atoms with Crippen molar-refractivity contribution in [2.75, 3.05) is 39.4 Å². The van der Waals surface area contributed by atoms with Gasteiger partial charge in [0.25, 0.3) is 0 Å². The van der Waals surface area contributed by atoms with Gasteiger partial charge in [0.05, 0.1) is 19.4 Å². The molecule has 1 aromatic heterocycles. The molecule has 3 rings (SSSR count). The first kappa shape index (κ1) is 15.5. The van der Waals surface area contributed by atoms with E-state index in [1.54, 1.807) is 6.92 Å². The minimum atomic E-state index is 0.0859. The van der Waals surface area contributed by atoms with Gasteiger partial charge in [-0.1, -0.05) is 0 Å². The van der Waals surface area contributed by atoms with Crippen LogP contribution in [-0.2, 0) is 23.1 Å².